The van der Waals surface area contributed by atoms with Crippen LogP contribution in [0.3, 0.4) is 0 Å². The molecule has 29 heavy (non-hydrogen) atoms. The Morgan fingerprint density at radius 2 is 1.66 bits per heavy atom. The van der Waals surface area contributed by atoms with Crippen molar-refractivity contribution in [3.63, 3.8) is 0 Å². The fourth-order valence-corrected chi connectivity index (χ4v) is 2.77. The molecule has 2 aromatic rings. The van der Waals surface area contributed by atoms with Crippen molar-refractivity contribution in [2.45, 2.75) is 6.92 Å². The van der Waals surface area contributed by atoms with Crippen molar-refractivity contribution in [3.8, 4) is 17.2 Å². The number of ether oxygens (including phenoxy) is 4. The molecule has 0 spiro atoms. The first kappa shape index (κ1) is 19.9. The van der Waals surface area contributed by atoms with E-state index in [1.807, 2.05) is 0 Å². The summed E-state index contributed by atoms with van der Waals surface area (Å²) in [7, 11) is 4.54. The zero-order valence-electron chi connectivity index (χ0n) is 16.4. The van der Waals surface area contributed by atoms with Crippen LogP contribution in [0.25, 0.3) is 6.08 Å². The van der Waals surface area contributed by atoms with Gasteiger partial charge < -0.3 is 24.3 Å². The molecular weight excluding hydrogens is 376 g/mol. The number of benzene rings is 2. The molecule has 150 valence electrons. The second-order valence-electron chi connectivity index (χ2n) is 6.05. The number of hydrogen-bond acceptors (Lipinski definition) is 7. The summed E-state index contributed by atoms with van der Waals surface area (Å²) in [5.74, 6) is 0.820. The van der Waals surface area contributed by atoms with Crippen molar-refractivity contribution in [1.82, 2.24) is 0 Å². The highest BCUT2D eigenvalue weighted by Gasteiger charge is 2.24. The van der Waals surface area contributed by atoms with Gasteiger partial charge in [-0.15, -0.1) is 0 Å². The van der Waals surface area contributed by atoms with Gasteiger partial charge in [-0.25, -0.2) is 9.79 Å². The third-order valence-electron chi connectivity index (χ3n) is 4.06. The normalized spacial score (nSPS) is 14.3. The Bertz CT molecular complexity index is 983. The SMILES string of the molecule is COc1cc(C=C2N=C(c3ccc(NC(C)=O)cc3)OC2=O)cc(OC)c1OC. The Labute approximate surface area is 167 Å². The molecule has 1 aliphatic rings. The predicted molar refractivity (Wildman–Crippen MR) is 107 cm³/mol. The minimum absolute atomic E-state index is 0.139. The minimum Gasteiger partial charge on any atom is -0.493 e. The van der Waals surface area contributed by atoms with Crippen molar-refractivity contribution < 1.29 is 28.5 Å². The summed E-state index contributed by atoms with van der Waals surface area (Å²) in [6, 6.07) is 10.2. The number of nitrogens with zero attached hydrogens (tertiary/aromatic N) is 1. The largest absolute Gasteiger partial charge is 0.493 e. The number of methoxy groups -OCH3 is 3. The monoisotopic (exact) mass is 396 g/mol. The third-order valence-corrected chi connectivity index (χ3v) is 4.06. The molecule has 8 nitrogen and oxygen atoms in total. The second kappa shape index (κ2) is 8.47. The Kier molecular flexibility index (Phi) is 5.82. The lowest BCUT2D eigenvalue weighted by molar-refractivity contribution is -0.129. The number of anilines is 1. The van der Waals surface area contributed by atoms with Crippen LogP contribution in [0.5, 0.6) is 17.2 Å². The average Bonchev–Trinajstić information content (AvgIpc) is 3.07. The number of nitrogens with one attached hydrogen (secondary N) is 1. The molecule has 1 amide bonds. The fourth-order valence-electron chi connectivity index (χ4n) is 2.77. The maximum Gasteiger partial charge on any atom is 0.363 e. The highest BCUT2D eigenvalue weighted by molar-refractivity contribution is 6.13. The number of rotatable bonds is 6. The van der Waals surface area contributed by atoms with Gasteiger partial charge in [-0.1, -0.05) is 0 Å². The zero-order valence-corrected chi connectivity index (χ0v) is 16.4. The molecule has 0 atom stereocenters. The Hall–Kier alpha value is -3.81. The molecular formula is C21H20N2O6. The molecule has 3 rings (SSSR count). The number of carbonyl (C=O) groups is 2. The van der Waals surface area contributed by atoms with E-state index in [1.165, 1.54) is 28.3 Å². The Balaban J connectivity index is 1.91. The van der Waals surface area contributed by atoms with E-state index in [2.05, 4.69) is 10.3 Å². The van der Waals surface area contributed by atoms with Gasteiger partial charge in [0.05, 0.1) is 21.3 Å². The summed E-state index contributed by atoms with van der Waals surface area (Å²) in [5, 5.41) is 2.67. The number of cyclic esters (lactones) is 1. The van der Waals surface area contributed by atoms with E-state index in [-0.39, 0.29) is 17.5 Å². The molecule has 1 heterocycles. The molecule has 0 fully saturated rings. The number of aliphatic imine (C=N–C) groups is 1. The summed E-state index contributed by atoms with van der Waals surface area (Å²) in [5.41, 5.74) is 2.03. The van der Waals surface area contributed by atoms with E-state index in [0.29, 0.717) is 34.1 Å². The molecule has 0 saturated carbocycles. The average molecular weight is 396 g/mol. The lowest BCUT2D eigenvalue weighted by Crippen LogP contribution is -2.07. The van der Waals surface area contributed by atoms with Crippen molar-refractivity contribution in [1.29, 1.82) is 0 Å². The van der Waals surface area contributed by atoms with Gasteiger partial charge in [0.1, 0.15) is 0 Å². The van der Waals surface area contributed by atoms with Gasteiger partial charge in [-0.05, 0) is 48.0 Å². The number of amides is 1. The van der Waals surface area contributed by atoms with E-state index in [4.69, 9.17) is 18.9 Å². The van der Waals surface area contributed by atoms with Crippen LogP contribution in [-0.2, 0) is 14.3 Å². The van der Waals surface area contributed by atoms with Gasteiger partial charge in [0.15, 0.2) is 17.2 Å². The maximum absolute atomic E-state index is 12.3. The van der Waals surface area contributed by atoms with E-state index < -0.39 is 5.97 Å². The van der Waals surface area contributed by atoms with Gasteiger partial charge in [-0.2, -0.15) is 0 Å². The minimum atomic E-state index is -0.570. The Morgan fingerprint density at radius 3 is 2.17 bits per heavy atom. The van der Waals surface area contributed by atoms with Crippen LogP contribution in [0.2, 0.25) is 0 Å². The summed E-state index contributed by atoms with van der Waals surface area (Å²) in [4.78, 5) is 27.7. The summed E-state index contributed by atoms with van der Waals surface area (Å²) in [6.07, 6.45) is 1.57. The molecule has 8 heteroatoms. The van der Waals surface area contributed by atoms with E-state index in [9.17, 15) is 9.59 Å². The lowest BCUT2D eigenvalue weighted by atomic mass is 10.1. The summed E-state index contributed by atoms with van der Waals surface area (Å²) >= 11 is 0. The van der Waals surface area contributed by atoms with Crippen molar-refractivity contribution in [2.75, 3.05) is 26.6 Å². The van der Waals surface area contributed by atoms with E-state index in [0.717, 1.165) is 0 Å². The molecule has 0 aliphatic carbocycles. The van der Waals surface area contributed by atoms with Crippen LogP contribution in [0.15, 0.2) is 47.1 Å². The highest BCUT2D eigenvalue weighted by Crippen LogP contribution is 2.39. The van der Waals surface area contributed by atoms with Crippen molar-refractivity contribution in [2.24, 2.45) is 4.99 Å². The van der Waals surface area contributed by atoms with Crippen LogP contribution in [0.1, 0.15) is 18.1 Å². The number of esters is 1. The molecule has 1 N–H and O–H groups in total. The first-order chi connectivity index (χ1) is 13.9. The van der Waals surface area contributed by atoms with Crippen LogP contribution >= 0.6 is 0 Å². The first-order valence-electron chi connectivity index (χ1n) is 8.65. The first-order valence-corrected chi connectivity index (χ1v) is 8.65. The topological polar surface area (TPSA) is 95.5 Å². The molecule has 0 aromatic heterocycles. The van der Waals surface area contributed by atoms with Crippen LogP contribution in [0, 0.1) is 0 Å². The van der Waals surface area contributed by atoms with E-state index >= 15 is 0 Å². The smallest absolute Gasteiger partial charge is 0.363 e. The van der Waals surface area contributed by atoms with Crippen LogP contribution < -0.4 is 19.5 Å². The Morgan fingerprint density at radius 1 is 1.03 bits per heavy atom. The standard InChI is InChI=1S/C21H20N2O6/c1-12(24)22-15-7-5-14(6-8-15)20-23-16(21(25)29-20)9-13-10-17(26-2)19(28-4)18(11-13)27-3/h5-11H,1-4H3,(H,22,24). The van der Waals surface area contributed by atoms with Gasteiger partial charge >= 0.3 is 5.97 Å². The van der Waals surface area contributed by atoms with Gasteiger partial charge in [0.2, 0.25) is 17.6 Å². The summed E-state index contributed by atoms with van der Waals surface area (Å²) < 4.78 is 21.2. The predicted octanol–water partition coefficient (Wildman–Crippen LogP) is 3.02. The quantitative estimate of drug-likeness (QED) is 0.596. The van der Waals surface area contributed by atoms with Crippen molar-refractivity contribution in [3.05, 3.63) is 53.2 Å². The number of hydrogen-bond donors (Lipinski definition) is 1. The maximum atomic E-state index is 12.3. The van der Waals surface area contributed by atoms with Crippen LogP contribution in [0.4, 0.5) is 5.69 Å². The molecule has 1 aliphatic heterocycles. The molecule has 0 bridgehead atoms. The highest BCUT2D eigenvalue weighted by atomic mass is 16.6. The third kappa shape index (κ3) is 4.37. The summed E-state index contributed by atoms with van der Waals surface area (Å²) in [6.45, 7) is 1.43. The lowest BCUT2D eigenvalue weighted by Gasteiger charge is -2.12. The molecule has 0 radical (unpaired) electrons. The van der Waals surface area contributed by atoms with Gasteiger partial charge in [-0.3, -0.25) is 4.79 Å². The second-order valence-corrected chi connectivity index (χ2v) is 6.05. The molecule has 0 unspecified atom stereocenters. The van der Waals surface area contributed by atoms with Gasteiger partial charge in [0, 0.05) is 18.2 Å². The molecule has 2 aromatic carbocycles. The number of carbonyl (C=O) groups excluding carboxylic acids is 2. The van der Waals surface area contributed by atoms with Gasteiger partial charge in [0.25, 0.3) is 0 Å². The zero-order chi connectivity index (χ0) is 21.0. The fraction of sp³-hybridized carbons (Fsp3) is 0.190. The van der Waals surface area contributed by atoms with Crippen LogP contribution in [-0.4, -0.2) is 39.1 Å². The van der Waals surface area contributed by atoms with E-state index in [1.54, 1.807) is 42.5 Å². The molecule has 0 saturated heterocycles. The van der Waals surface area contributed by atoms with Crippen molar-refractivity contribution >= 4 is 29.5 Å².